The lowest BCUT2D eigenvalue weighted by Gasteiger charge is -2.31. The first-order valence-corrected chi connectivity index (χ1v) is 13.4. The fourth-order valence-electron chi connectivity index (χ4n) is 3.83. The van der Waals surface area contributed by atoms with Crippen molar-refractivity contribution in [1.82, 2.24) is 10.2 Å². The number of nitrogens with one attached hydrogen (secondary N) is 1. The van der Waals surface area contributed by atoms with Crippen molar-refractivity contribution in [2.45, 2.75) is 45.7 Å². The summed E-state index contributed by atoms with van der Waals surface area (Å²) in [4.78, 5) is 28.6. The summed E-state index contributed by atoms with van der Waals surface area (Å²) in [5.41, 5.74) is 2.46. The third-order valence-electron chi connectivity index (χ3n) is 5.95. The van der Waals surface area contributed by atoms with Gasteiger partial charge in [0.25, 0.3) is 5.91 Å². The molecule has 3 rings (SSSR count). The molecule has 8 heteroatoms. The summed E-state index contributed by atoms with van der Waals surface area (Å²) >= 11 is 18.7. The first-order chi connectivity index (χ1) is 17.8. The molecule has 2 amide bonds. The van der Waals surface area contributed by atoms with E-state index in [1.807, 2.05) is 37.3 Å². The van der Waals surface area contributed by atoms with Crippen molar-refractivity contribution < 1.29 is 14.3 Å². The van der Waals surface area contributed by atoms with Gasteiger partial charge in [0, 0.05) is 34.6 Å². The van der Waals surface area contributed by atoms with Crippen LogP contribution in [0.3, 0.4) is 0 Å². The molecule has 0 aliphatic rings. The molecular weight excluding hydrogens is 531 g/mol. The summed E-state index contributed by atoms with van der Waals surface area (Å²) in [5.74, 6) is -0.0463. The van der Waals surface area contributed by atoms with Gasteiger partial charge < -0.3 is 15.0 Å². The van der Waals surface area contributed by atoms with Gasteiger partial charge in [-0.15, -0.1) is 0 Å². The summed E-state index contributed by atoms with van der Waals surface area (Å²) in [6.45, 7) is 4.32. The van der Waals surface area contributed by atoms with E-state index in [1.54, 1.807) is 36.4 Å². The second-order valence-corrected chi connectivity index (χ2v) is 10.1. The Kier molecular flexibility index (Phi) is 11.1. The largest absolute Gasteiger partial charge is 0.484 e. The van der Waals surface area contributed by atoms with Crippen LogP contribution in [0, 0.1) is 6.92 Å². The zero-order valence-corrected chi connectivity index (χ0v) is 23.2. The molecule has 0 saturated carbocycles. The first kappa shape index (κ1) is 28.8. The minimum atomic E-state index is -0.769. The van der Waals surface area contributed by atoms with E-state index in [4.69, 9.17) is 39.5 Å². The number of halogens is 3. The maximum absolute atomic E-state index is 13.6. The lowest BCUT2D eigenvalue weighted by molar-refractivity contribution is -0.142. The molecule has 0 fully saturated rings. The number of aryl methyl sites for hydroxylation is 1. The molecule has 1 atom stereocenters. The zero-order valence-electron chi connectivity index (χ0n) is 21.0. The number of unbranched alkanes of at least 4 members (excludes halogenated alkanes) is 1. The van der Waals surface area contributed by atoms with Crippen LogP contribution >= 0.6 is 34.8 Å². The molecule has 196 valence electrons. The van der Waals surface area contributed by atoms with Gasteiger partial charge in [0.15, 0.2) is 6.61 Å². The van der Waals surface area contributed by atoms with Crippen molar-refractivity contribution in [3.8, 4) is 5.75 Å². The Labute approximate surface area is 233 Å². The predicted molar refractivity (Wildman–Crippen MR) is 151 cm³/mol. The molecule has 3 aromatic carbocycles. The Hall–Kier alpha value is -2.73. The maximum atomic E-state index is 13.6. The highest BCUT2D eigenvalue weighted by Gasteiger charge is 2.31. The average Bonchev–Trinajstić information content (AvgIpc) is 2.88. The summed E-state index contributed by atoms with van der Waals surface area (Å²) in [7, 11) is 0. The SMILES string of the molecule is CCCCNC(=O)C(Cc1ccccc1)N(Cc1ccc(Cl)cc1Cl)C(=O)COc1ccc(Cl)c(C)c1. The van der Waals surface area contributed by atoms with Crippen LogP contribution in [0.15, 0.2) is 66.7 Å². The highest BCUT2D eigenvalue weighted by Crippen LogP contribution is 2.25. The lowest BCUT2D eigenvalue weighted by Crippen LogP contribution is -2.51. The summed E-state index contributed by atoms with van der Waals surface area (Å²) in [6.07, 6.45) is 2.14. The molecule has 1 N–H and O–H groups in total. The Morgan fingerprint density at radius 3 is 2.41 bits per heavy atom. The van der Waals surface area contributed by atoms with E-state index < -0.39 is 6.04 Å². The molecule has 0 saturated heterocycles. The lowest BCUT2D eigenvalue weighted by atomic mass is 10.0. The summed E-state index contributed by atoms with van der Waals surface area (Å²) in [5, 5.41) is 4.52. The molecule has 0 radical (unpaired) electrons. The van der Waals surface area contributed by atoms with Crippen LogP contribution < -0.4 is 10.1 Å². The van der Waals surface area contributed by atoms with Crippen molar-refractivity contribution in [2.24, 2.45) is 0 Å². The Morgan fingerprint density at radius 2 is 1.73 bits per heavy atom. The molecular formula is C29H31Cl3N2O3. The standard InChI is InChI=1S/C29H31Cl3N2O3/c1-3-4-14-33-29(36)27(16-21-8-6-5-7-9-21)34(18-22-10-11-23(30)17-26(22)32)28(35)19-37-24-12-13-25(31)20(2)15-24/h5-13,15,17,27H,3-4,14,16,18-19H2,1-2H3,(H,33,36). The molecule has 0 spiro atoms. The fourth-order valence-corrected chi connectivity index (χ4v) is 4.41. The number of nitrogens with zero attached hydrogens (tertiary/aromatic N) is 1. The first-order valence-electron chi connectivity index (χ1n) is 12.2. The van der Waals surface area contributed by atoms with Crippen molar-refractivity contribution in [1.29, 1.82) is 0 Å². The van der Waals surface area contributed by atoms with E-state index in [9.17, 15) is 9.59 Å². The third kappa shape index (κ3) is 8.67. The van der Waals surface area contributed by atoms with Gasteiger partial charge in [-0.3, -0.25) is 9.59 Å². The van der Waals surface area contributed by atoms with Gasteiger partial charge in [-0.05, 0) is 60.4 Å². The van der Waals surface area contributed by atoms with Gasteiger partial charge in [-0.2, -0.15) is 0 Å². The highest BCUT2D eigenvalue weighted by molar-refractivity contribution is 6.35. The fraction of sp³-hybridized carbons (Fsp3) is 0.310. The third-order valence-corrected chi connectivity index (χ3v) is 6.96. The van der Waals surface area contributed by atoms with E-state index in [2.05, 4.69) is 12.2 Å². The highest BCUT2D eigenvalue weighted by atomic mass is 35.5. The monoisotopic (exact) mass is 560 g/mol. The average molecular weight is 562 g/mol. The minimum absolute atomic E-state index is 0.122. The Balaban J connectivity index is 1.92. The van der Waals surface area contributed by atoms with E-state index in [1.165, 1.54) is 4.90 Å². The summed E-state index contributed by atoms with van der Waals surface area (Å²) in [6, 6.07) is 19.2. The number of hydrogen-bond acceptors (Lipinski definition) is 3. The molecule has 0 aliphatic carbocycles. The van der Waals surface area contributed by atoms with Crippen LogP contribution in [0.2, 0.25) is 15.1 Å². The molecule has 3 aromatic rings. The van der Waals surface area contributed by atoms with Crippen LogP contribution in [0.25, 0.3) is 0 Å². The second kappa shape index (κ2) is 14.3. The van der Waals surface area contributed by atoms with E-state index in [0.717, 1.165) is 24.0 Å². The van der Waals surface area contributed by atoms with Gasteiger partial charge in [-0.1, -0.05) is 84.5 Å². The van der Waals surface area contributed by atoms with Gasteiger partial charge in [0.05, 0.1) is 0 Å². The molecule has 37 heavy (non-hydrogen) atoms. The van der Waals surface area contributed by atoms with Gasteiger partial charge in [0.2, 0.25) is 5.91 Å². The maximum Gasteiger partial charge on any atom is 0.261 e. The van der Waals surface area contributed by atoms with Crippen molar-refractivity contribution in [2.75, 3.05) is 13.2 Å². The van der Waals surface area contributed by atoms with Crippen LogP contribution in [-0.2, 0) is 22.6 Å². The van der Waals surface area contributed by atoms with E-state index in [0.29, 0.717) is 39.3 Å². The molecule has 1 unspecified atom stereocenters. The van der Waals surface area contributed by atoms with Gasteiger partial charge >= 0.3 is 0 Å². The number of carbonyl (C=O) groups is 2. The van der Waals surface area contributed by atoms with Crippen LogP contribution in [0.1, 0.15) is 36.5 Å². The molecule has 5 nitrogen and oxygen atoms in total. The van der Waals surface area contributed by atoms with Crippen LogP contribution in [0.4, 0.5) is 0 Å². The number of hydrogen-bond donors (Lipinski definition) is 1. The number of ether oxygens (including phenoxy) is 1. The number of benzene rings is 3. The van der Waals surface area contributed by atoms with Crippen molar-refractivity contribution in [3.05, 3.63) is 98.5 Å². The normalized spacial score (nSPS) is 11.6. The predicted octanol–water partition coefficient (Wildman–Crippen LogP) is 6.89. The molecule has 0 heterocycles. The molecule has 0 bridgehead atoms. The quantitative estimate of drug-likeness (QED) is 0.245. The second-order valence-electron chi connectivity index (χ2n) is 8.81. The summed E-state index contributed by atoms with van der Waals surface area (Å²) < 4.78 is 5.81. The number of rotatable bonds is 12. The van der Waals surface area contributed by atoms with Gasteiger partial charge in [-0.25, -0.2) is 0 Å². The number of carbonyl (C=O) groups excluding carboxylic acids is 2. The Morgan fingerprint density at radius 1 is 0.973 bits per heavy atom. The van der Waals surface area contributed by atoms with E-state index in [-0.39, 0.29) is 25.0 Å². The smallest absolute Gasteiger partial charge is 0.261 e. The van der Waals surface area contributed by atoms with Crippen molar-refractivity contribution >= 4 is 46.6 Å². The van der Waals surface area contributed by atoms with Crippen LogP contribution in [-0.4, -0.2) is 35.9 Å². The molecule has 0 aliphatic heterocycles. The van der Waals surface area contributed by atoms with Crippen LogP contribution in [0.5, 0.6) is 5.75 Å². The molecule has 0 aromatic heterocycles. The topological polar surface area (TPSA) is 58.6 Å². The zero-order chi connectivity index (χ0) is 26.8. The Bertz CT molecular complexity index is 1200. The van der Waals surface area contributed by atoms with E-state index >= 15 is 0 Å². The van der Waals surface area contributed by atoms with Crippen molar-refractivity contribution in [3.63, 3.8) is 0 Å². The minimum Gasteiger partial charge on any atom is -0.484 e. The van der Waals surface area contributed by atoms with Gasteiger partial charge in [0.1, 0.15) is 11.8 Å². The number of amides is 2.